The minimum Gasteiger partial charge on any atom is -0.375 e. The van der Waals surface area contributed by atoms with Crippen LogP contribution in [0.4, 0.5) is 0 Å². The molecule has 0 aromatic rings. The van der Waals surface area contributed by atoms with E-state index < -0.39 is 0 Å². The van der Waals surface area contributed by atoms with Crippen molar-refractivity contribution in [2.75, 3.05) is 13.7 Å². The van der Waals surface area contributed by atoms with Gasteiger partial charge in [0.25, 0.3) is 0 Å². The van der Waals surface area contributed by atoms with Crippen molar-refractivity contribution < 1.29 is 9.47 Å². The standard InChI is InChI=1S/C8H14O2/c1-6-4-5-10-7(2)8(6)9-3/h7-8H,1,4-5H2,2-3H3. The molecule has 10 heavy (non-hydrogen) atoms. The van der Waals surface area contributed by atoms with E-state index in [0.29, 0.717) is 0 Å². The van der Waals surface area contributed by atoms with E-state index in [9.17, 15) is 0 Å². The van der Waals surface area contributed by atoms with Crippen molar-refractivity contribution in [1.82, 2.24) is 0 Å². The van der Waals surface area contributed by atoms with Crippen LogP contribution >= 0.6 is 0 Å². The number of rotatable bonds is 1. The van der Waals surface area contributed by atoms with E-state index in [0.717, 1.165) is 18.6 Å². The van der Waals surface area contributed by atoms with Crippen LogP contribution in [0.3, 0.4) is 0 Å². The van der Waals surface area contributed by atoms with Gasteiger partial charge in [0.1, 0.15) is 6.10 Å². The molecular formula is C8H14O2. The van der Waals surface area contributed by atoms with Crippen LogP contribution in [0.15, 0.2) is 12.2 Å². The van der Waals surface area contributed by atoms with Gasteiger partial charge in [0.05, 0.1) is 12.7 Å². The minimum atomic E-state index is 0.105. The zero-order chi connectivity index (χ0) is 7.56. The number of hydrogen-bond donors (Lipinski definition) is 0. The Bertz CT molecular complexity index is 131. The summed E-state index contributed by atoms with van der Waals surface area (Å²) in [6.45, 7) is 6.72. The summed E-state index contributed by atoms with van der Waals surface area (Å²) in [5.74, 6) is 0. The summed E-state index contributed by atoms with van der Waals surface area (Å²) in [7, 11) is 1.70. The molecule has 0 aromatic carbocycles. The quantitative estimate of drug-likeness (QED) is 0.515. The van der Waals surface area contributed by atoms with Gasteiger partial charge in [-0.05, 0) is 18.9 Å². The van der Waals surface area contributed by atoms with Crippen molar-refractivity contribution in [2.24, 2.45) is 0 Å². The largest absolute Gasteiger partial charge is 0.375 e. The molecule has 1 fully saturated rings. The summed E-state index contributed by atoms with van der Waals surface area (Å²) in [5.41, 5.74) is 1.15. The average molecular weight is 142 g/mol. The lowest BCUT2D eigenvalue weighted by Crippen LogP contribution is -2.34. The van der Waals surface area contributed by atoms with Crippen molar-refractivity contribution in [3.8, 4) is 0 Å². The van der Waals surface area contributed by atoms with E-state index in [1.807, 2.05) is 6.92 Å². The summed E-state index contributed by atoms with van der Waals surface area (Å²) < 4.78 is 10.6. The first-order chi connectivity index (χ1) is 4.75. The highest BCUT2D eigenvalue weighted by molar-refractivity contribution is 5.07. The second kappa shape index (κ2) is 3.17. The molecule has 1 aliphatic heterocycles. The molecule has 58 valence electrons. The Morgan fingerprint density at radius 1 is 1.70 bits per heavy atom. The van der Waals surface area contributed by atoms with Gasteiger partial charge in [-0.3, -0.25) is 0 Å². The van der Waals surface area contributed by atoms with Gasteiger partial charge in [-0.25, -0.2) is 0 Å². The van der Waals surface area contributed by atoms with Crippen molar-refractivity contribution >= 4 is 0 Å². The molecule has 0 aromatic heterocycles. The van der Waals surface area contributed by atoms with Crippen LogP contribution in [0.2, 0.25) is 0 Å². The van der Waals surface area contributed by atoms with Crippen LogP contribution in [-0.2, 0) is 9.47 Å². The third-order valence-corrected chi connectivity index (χ3v) is 1.89. The lowest BCUT2D eigenvalue weighted by Gasteiger charge is -2.29. The molecule has 0 saturated carbocycles. The van der Waals surface area contributed by atoms with Crippen molar-refractivity contribution in [3.63, 3.8) is 0 Å². The summed E-state index contributed by atoms with van der Waals surface area (Å²) >= 11 is 0. The predicted octanol–water partition coefficient (Wildman–Crippen LogP) is 1.37. The molecule has 0 N–H and O–H groups in total. The summed E-state index contributed by atoms with van der Waals surface area (Å²) in [6.07, 6.45) is 1.21. The Hall–Kier alpha value is -0.340. The Morgan fingerprint density at radius 3 is 2.80 bits per heavy atom. The maximum absolute atomic E-state index is 5.37. The second-order valence-electron chi connectivity index (χ2n) is 2.64. The molecule has 2 heteroatoms. The molecule has 2 atom stereocenters. The Morgan fingerprint density at radius 2 is 2.40 bits per heavy atom. The summed E-state index contributed by atoms with van der Waals surface area (Å²) in [6, 6.07) is 0. The first kappa shape index (κ1) is 7.76. The van der Waals surface area contributed by atoms with E-state index in [1.54, 1.807) is 7.11 Å². The van der Waals surface area contributed by atoms with Crippen molar-refractivity contribution in [2.45, 2.75) is 25.6 Å². The first-order valence-electron chi connectivity index (χ1n) is 3.57. The van der Waals surface area contributed by atoms with Gasteiger partial charge in [-0.15, -0.1) is 0 Å². The van der Waals surface area contributed by atoms with Gasteiger partial charge in [-0.2, -0.15) is 0 Å². The van der Waals surface area contributed by atoms with Gasteiger partial charge < -0.3 is 9.47 Å². The van der Waals surface area contributed by atoms with Crippen LogP contribution in [-0.4, -0.2) is 25.9 Å². The van der Waals surface area contributed by atoms with Crippen LogP contribution in [0.1, 0.15) is 13.3 Å². The van der Waals surface area contributed by atoms with E-state index in [4.69, 9.17) is 9.47 Å². The second-order valence-corrected chi connectivity index (χ2v) is 2.64. The van der Waals surface area contributed by atoms with Gasteiger partial charge in [0.15, 0.2) is 0 Å². The topological polar surface area (TPSA) is 18.5 Å². The fourth-order valence-corrected chi connectivity index (χ4v) is 1.30. The normalized spacial score (nSPS) is 34.4. The fraction of sp³-hybridized carbons (Fsp3) is 0.750. The number of hydrogen-bond acceptors (Lipinski definition) is 2. The molecule has 1 rings (SSSR count). The molecule has 1 saturated heterocycles. The maximum atomic E-state index is 5.37. The monoisotopic (exact) mass is 142 g/mol. The smallest absolute Gasteiger partial charge is 0.104 e. The van der Waals surface area contributed by atoms with Crippen LogP contribution < -0.4 is 0 Å². The molecule has 0 spiro atoms. The lowest BCUT2D eigenvalue weighted by molar-refractivity contribution is -0.0522. The SMILES string of the molecule is C=C1CCOC(C)C1OC. The van der Waals surface area contributed by atoms with Gasteiger partial charge in [-0.1, -0.05) is 6.58 Å². The fourth-order valence-electron chi connectivity index (χ4n) is 1.30. The maximum Gasteiger partial charge on any atom is 0.104 e. The Balaban J connectivity index is 2.53. The first-order valence-corrected chi connectivity index (χ1v) is 3.57. The third kappa shape index (κ3) is 1.39. The van der Waals surface area contributed by atoms with E-state index in [-0.39, 0.29) is 12.2 Å². The highest BCUT2D eigenvalue weighted by Gasteiger charge is 2.24. The zero-order valence-electron chi connectivity index (χ0n) is 6.59. The molecule has 0 bridgehead atoms. The average Bonchev–Trinajstić information content (AvgIpc) is 1.88. The van der Waals surface area contributed by atoms with E-state index in [2.05, 4.69) is 6.58 Å². The predicted molar refractivity (Wildman–Crippen MR) is 40.0 cm³/mol. The molecule has 1 aliphatic rings. The highest BCUT2D eigenvalue weighted by atomic mass is 16.5. The highest BCUT2D eigenvalue weighted by Crippen LogP contribution is 2.20. The van der Waals surface area contributed by atoms with Crippen LogP contribution in [0.5, 0.6) is 0 Å². The molecule has 2 unspecified atom stereocenters. The Labute approximate surface area is 61.8 Å². The van der Waals surface area contributed by atoms with Crippen LogP contribution in [0.25, 0.3) is 0 Å². The molecule has 0 amide bonds. The molecule has 0 radical (unpaired) electrons. The van der Waals surface area contributed by atoms with Gasteiger partial charge >= 0.3 is 0 Å². The third-order valence-electron chi connectivity index (χ3n) is 1.89. The summed E-state index contributed by atoms with van der Waals surface area (Å²) in [4.78, 5) is 0. The molecule has 2 nitrogen and oxygen atoms in total. The molecule has 0 aliphatic carbocycles. The Kier molecular flexibility index (Phi) is 2.46. The van der Waals surface area contributed by atoms with Crippen molar-refractivity contribution in [3.05, 3.63) is 12.2 Å². The molecule has 1 heterocycles. The van der Waals surface area contributed by atoms with Crippen LogP contribution in [0, 0.1) is 0 Å². The lowest BCUT2D eigenvalue weighted by atomic mass is 10.0. The van der Waals surface area contributed by atoms with Crippen molar-refractivity contribution in [1.29, 1.82) is 0 Å². The van der Waals surface area contributed by atoms with Gasteiger partial charge in [0.2, 0.25) is 0 Å². The zero-order valence-corrected chi connectivity index (χ0v) is 6.59. The van der Waals surface area contributed by atoms with E-state index >= 15 is 0 Å². The summed E-state index contributed by atoms with van der Waals surface area (Å²) in [5, 5.41) is 0. The number of ether oxygens (including phenoxy) is 2. The van der Waals surface area contributed by atoms with E-state index in [1.165, 1.54) is 0 Å². The number of methoxy groups -OCH3 is 1. The van der Waals surface area contributed by atoms with Gasteiger partial charge in [0, 0.05) is 7.11 Å². The molecular weight excluding hydrogens is 128 g/mol. The minimum absolute atomic E-state index is 0.105.